The number of nitrogens with one attached hydrogen (secondary N) is 1. The zero-order valence-electron chi connectivity index (χ0n) is 19.4. The van der Waals surface area contributed by atoms with Crippen molar-refractivity contribution in [2.75, 3.05) is 23.9 Å². The predicted molar refractivity (Wildman–Crippen MR) is 131 cm³/mol. The van der Waals surface area contributed by atoms with Crippen molar-refractivity contribution < 1.29 is 19.1 Å². The molecule has 0 fully saturated rings. The quantitative estimate of drug-likeness (QED) is 0.493. The monoisotopic (exact) mass is 470 g/mol. The van der Waals surface area contributed by atoms with Crippen LogP contribution in [0.25, 0.3) is 0 Å². The van der Waals surface area contributed by atoms with E-state index in [4.69, 9.17) is 4.74 Å². The second-order valence-corrected chi connectivity index (χ2v) is 8.60. The summed E-state index contributed by atoms with van der Waals surface area (Å²) in [4.78, 5) is 46.5. The maximum absolute atomic E-state index is 13.4. The van der Waals surface area contributed by atoms with Crippen molar-refractivity contribution >= 4 is 29.1 Å². The average molecular weight is 471 g/mol. The average Bonchev–Trinajstić information content (AvgIpc) is 3.18. The minimum atomic E-state index is -0.438. The summed E-state index contributed by atoms with van der Waals surface area (Å²) in [6.45, 7) is 0.500. The van der Waals surface area contributed by atoms with E-state index in [1.54, 1.807) is 34.2 Å². The van der Waals surface area contributed by atoms with Crippen molar-refractivity contribution in [2.45, 2.75) is 31.8 Å². The summed E-state index contributed by atoms with van der Waals surface area (Å²) < 4.78 is 5.02. The van der Waals surface area contributed by atoms with E-state index in [-0.39, 0.29) is 17.7 Å². The van der Waals surface area contributed by atoms with Crippen LogP contribution in [-0.4, -0.2) is 41.3 Å². The number of hydrogen-bond donors (Lipinski definition) is 1. The first-order valence-electron chi connectivity index (χ1n) is 11.7. The maximum atomic E-state index is 13.4. The number of para-hydroxylation sites is 1. The summed E-state index contributed by atoms with van der Waals surface area (Å²) in [7, 11) is 1.54. The Morgan fingerprint density at radius 2 is 1.71 bits per heavy atom. The molecule has 1 aromatic heterocycles. The molecular formula is C27H26N4O4. The first-order valence-corrected chi connectivity index (χ1v) is 11.7. The molecule has 8 heteroatoms. The number of methoxy groups -OCH3 is 1. The zero-order valence-corrected chi connectivity index (χ0v) is 19.4. The largest absolute Gasteiger partial charge is 0.481 e. The van der Waals surface area contributed by atoms with Crippen molar-refractivity contribution in [2.24, 2.45) is 0 Å². The van der Waals surface area contributed by atoms with E-state index in [1.807, 2.05) is 42.5 Å². The molecule has 178 valence electrons. The van der Waals surface area contributed by atoms with Crippen LogP contribution in [0.1, 0.15) is 58.1 Å². The molecule has 3 aromatic rings. The summed E-state index contributed by atoms with van der Waals surface area (Å²) in [6.07, 6.45) is 3.70. The van der Waals surface area contributed by atoms with Crippen LogP contribution in [-0.2, 0) is 4.79 Å². The van der Waals surface area contributed by atoms with Gasteiger partial charge in [-0.25, -0.2) is 4.98 Å². The number of fused-ring (bicyclic) bond motifs is 5. The predicted octanol–water partition coefficient (Wildman–Crippen LogP) is 4.40. The van der Waals surface area contributed by atoms with Gasteiger partial charge in [0, 0.05) is 30.2 Å². The Kier molecular flexibility index (Phi) is 6.18. The first-order chi connectivity index (χ1) is 17.1. The number of hydrogen-bond acceptors (Lipinski definition) is 5. The molecular weight excluding hydrogens is 444 g/mol. The Balaban J connectivity index is 1.22. The van der Waals surface area contributed by atoms with E-state index in [9.17, 15) is 14.4 Å². The van der Waals surface area contributed by atoms with E-state index >= 15 is 0 Å². The van der Waals surface area contributed by atoms with Crippen LogP contribution in [0.15, 0.2) is 66.9 Å². The van der Waals surface area contributed by atoms with Crippen molar-refractivity contribution in [1.82, 2.24) is 9.88 Å². The lowest BCUT2D eigenvalue weighted by Gasteiger charge is -2.41. The number of carbonyl (C=O) groups excluding carboxylic acids is 3. The Bertz CT molecular complexity index is 1270. The number of carbonyl (C=O) groups is 3. The molecule has 0 saturated carbocycles. The van der Waals surface area contributed by atoms with Gasteiger partial charge < -0.3 is 15.0 Å². The number of pyridine rings is 1. The van der Waals surface area contributed by atoms with E-state index in [2.05, 4.69) is 10.3 Å². The molecule has 2 aliphatic rings. The Morgan fingerprint density at radius 1 is 0.943 bits per heavy atom. The molecule has 2 aromatic carbocycles. The van der Waals surface area contributed by atoms with Gasteiger partial charge in [-0.15, -0.1) is 0 Å². The number of rotatable bonds is 8. The first kappa shape index (κ1) is 22.6. The van der Waals surface area contributed by atoms with Crippen molar-refractivity contribution in [3.05, 3.63) is 83.6 Å². The summed E-state index contributed by atoms with van der Waals surface area (Å²) in [6, 6.07) is 18.2. The van der Waals surface area contributed by atoms with E-state index in [0.717, 1.165) is 18.4 Å². The smallest absolute Gasteiger partial charge is 0.260 e. The molecule has 1 N–H and O–H groups in total. The van der Waals surface area contributed by atoms with Gasteiger partial charge in [-0.3, -0.25) is 19.3 Å². The number of nitrogens with zero attached hydrogens (tertiary/aromatic N) is 3. The summed E-state index contributed by atoms with van der Waals surface area (Å²) in [5, 5.41) is 2.83. The lowest BCUT2D eigenvalue weighted by Crippen LogP contribution is -2.48. The highest BCUT2D eigenvalue weighted by atomic mass is 16.5. The Hall–Kier alpha value is -4.20. The molecule has 0 bridgehead atoms. The topological polar surface area (TPSA) is 91.8 Å². The molecule has 8 nitrogen and oxygen atoms in total. The van der Waals surface area contributed by atoms with Crippen LogP contribution >= 0.6 is 0 Å². The number of unbranched alkanes of at least 4 members (excludes halogenated alkanes) is 2. The van der Waals surface area contributed by atoms with Gasteiger partial charge in [0.25, 0.3) is 11.8 Å². The van der Waals surface area contributed by atoms with Crippen LogP contribution in [0.2, 0.25) is 0 Å². The van der Waals surface area contributed by atoms with Gasteiger partial charge in [-0.1, -0.05) is 36.8 Å². The summed E-state index contributed by atoms with van der Waals surface area (Å²) in [5.74, 6) is 0.251. The Labute approximate surface area is 203 Å². The molecule has 3 amide bonds. The summed E-state index contributed by atoms with van der Waals surface area (Å²) in [5.41, 5.74) is 3.31. The van der Waals surface area contributed by atoms with Crippen LogP contribution in [0, 0.1) is 0 Å². The molecule has 1 unspecified atom stereocenters. The summed E-state index contributed by atoms with van der Waals surface area (Å²) >= 11 is 0. The van der Waals surface area contributed by atoms with Crippen molar-refractivity contribution in [1.29, 1.82) is 0 Å². The lowest BCUT2D eigenvalue weighted by molar-refractivity contribution is -0.116. The SMILES string of the molecule is COc1ccc(NC(=O)CCCCCN2C(=O)c3ccccc3N3C(=O)c4ccccc4C23)cn1. The van der Waals surface area contributed by atoms with Crippen molar-refractivity contribution in [3.63, 3.8) is 0 Å². The van der Waals surface area contributed by atoms with Gasteiger partial charge in [0.05, 0.1) is 30.2 Å². The van der Waals surface area contributed by atoms with Crippen LogP contribution in [0.5, 0.6) is 5.88 Å². The van der Waals surface area contributed by atoms with Gasteiger partial charge in [0.1, 0.15) is 6.17 Å². The molecule has 0 aliphatic carbocycles. The van der Waals surface area contributed by atoms with Crippen LogP contribution in [0.3, 0.4) is 0 Å². The van der Waals surface area contributed by atoms with Gasteiger partial charge in [0.2, 0.25) is 11.8 Å². The molecule has 2 aliphatic heterocycles. The van der Waals surface area contributed by atoms with Gasteiger partial charge in [-0.05, 0) is 37.1 Å². The third kappa shape index (κ3) is 4.23. The fraction of sp³-hybridized carbons (Fsp3) is 0.259. The number of aromatic nitrogens is 1. The molecule has 3 heterocycles. The third-order valence-electron chi connectivity index (χ3n) is 6.41. The fourth-order valence-corrected chi connectivity index (χ4v) is 4.74. The number of anilines is 2. The minimum Gasteiger partial charge on any atom is -0.481 e. The maximum Gasteiger partial charge on any atom is 0.260 e. The van der Waals surface area contributed by atoms with E-state index < -0.39 is 6.17 Å². The van der Waals surface area contributed by atoms with E-state index in [1.165, 1.54) is 7.11 Å². The molecule has 0 saturated heterocycles. The van der Waals surface area contributed by atoms with Gasteiger partial charge in [0.15, 0.2) is 0 Å². The van der Waals surface area contributed by atoms with E-state index in [0.29, 0.717) is 47.8 Å². The number of amides is 3. The zero-order chi connectivity index (χ0) is 24.4. The molecule has 1 atom stereocenters. The highest BCUT2D eigenvalue weighted by Gasteiger charge is 2.47. The minimum absolute atomic E-state index is 0.0731. The Morgan fingerprint density at radius 3 is 2.49 bits per heavy atom. The van der Waals surface area contributed by atoms with Crippen molar-refractivity contribution in [3.8, 4) is 5.88 Å². The number of benzene rings is 2. The number of ether oxygens (including phenoxy) is 1. The molecule has 5 rings (SSSR count). The third-order valence-corrected chi connectivity index (χ3v) is 6.41. The second-order valence-electron chi connectivity index (χ2n) is 8.60. The second kappa shape index (κ2) is 9.58. The molecule has 0 radical (unpaired) electrons. The van der Waals surface area contributed by atoms with Crippen LogP contribution < -0.4 is 15.0 Å². The van der Waals surface area contributed by atoms with Crippen LogP contribution in [0.4, 0.5) is 11.4 Å². The molecule has 35 heavy (non-hydrogen) atoms. The van der Waals surface area contributed by atoms with Gasteiger partial charge in [-0.2, -0.15) is 0 Å². The highest BCUT2D eigenvalue weighted by molar-refractivity contribution is 6.16. The molecule has 0 spiro atoms. The lowest BCUT2D eigenvalue weighted by atomic mass is 10.0. The normalized spacial score (nSPS) is 16.0. The highest BCUT2D eigenvalue weighted by Crippen LogP contribution is 2.45. The standard InChI is InChI=1S/C27H26N4O4/c1-35-24-15-14-18(17-28-24)29-23(32)13-3-2-8-16-30-25-19-9-4-5-10-20(19)27(34)31(25)22-12-7-6-11-21(22)26(30)33/h4-7,9-12,14-15,17,25H,2-3,8,13,16H2,1H3,(H,29,32). The fourth-order valence-electron chi connectivity index (χ4n) is 4.74. The van der Waals surface area contributed by atoms with Gasteiger partial charge >= 0.3 is 0 Å².